The number of carbonyl (C=O) groups is 1. The van der Waals surface area contributed by atoms with Crippen LogP contribution >= 0.6 is 11.3 Å². The van der Waals surface area contributed by atoms with Gasteiger partial charge in [0, 0.05) is 16.0 Å². The normalized spacial score (nSPS) is 16.8. The van der Waals surface area contributed by atoms with E-state index < -0.39 is 0 Å². The summed E-state index contributed by atoms with van der Waals surface area (Å²) in [6.45, 7) is 3.46. The summed E-state index contributed by atoms with van der Waals surface area (Å²) in [6, 6.07) is 6.01. The van der Waals surface area contributed by atoms with Gasteiger partial charge in [0.2, 0.25) is 0 Å². The van der Waals surface area contributed by atoms with Crippen molar-refractivity contribution in [3.63, 3.8) is 0 Å². The molecule has 3 aromatic rings. The van der Waals surface area contributed by atoms with Gasteiger partial charge >= 0.3 is 0 Å². The zero-order chi connectivity index (χ0) is 19.6. The third-order valence-electron chi connectivity index (χ3n) is 5.81. The summed E-state index contributed by atoms with van der Waals surface area (Å²) < 4.78 is 11.5. The Morgan fingerprint density at radius 1 is 1.10 bits per heavy atom. The third-order valence-corrected chi connectivity index (χ3v) is 6.79. The van der Waals surface area contributed by atoms with E-state index in [-0.39, 0.29) is 5.91 Å². The first-order chi connectivity index (χ1) is 14.3. The molecule has 5 rings (SSSR count). The van der Waals surface area contributed by atoms with Crippen LogP contribution < -0.4 is 5.32 Å². The zero-order valence-electron chi connectivity index (χ0n) is 16.4. The number of nitrogens with one attached hydrogen (secondary N) is 1. The van der Waals surface area contributed by atoms with E-state index in [1.165, 1.54) is 30.6 Å². The maximum Gasteiger partial charge on any atom is 0.274 e. The topological polar surface area (TPSA) is 71.5 Å². The first-order valence-electron chi connectivity index (χ1n) is 10.4. The molecular weight excluding hydrogens is 386 g/mol. The molecule has 7 heteroatoms. The molecule has 1 aliphatic heterocycles. The summed E-state index contributed by atoms with van der Waals surface area (Å²) in [5.41, 5.74) is 2.38. The average molecular weight is 412 g/mol. The van der Waals surface area contributed by atoms with Crippen molar-refractivity contribution in [2.75, 3.05) is 13.1 Å². The minimum absolute atomic E-state index is 0.209. The van der Waals surface area contributed by atoms with E-state index >= 15 is 0 Å². The number of amides is 1. The molecule has 4 heterocycles. The largest absolute Gasteiger partial charge is 0.463 e. The van der Waals surface area contributed by atoms with Crippen molar-refractivity contribution >= 4 is 17.2 Å². The second-order valence-electron chi connectivity index (χ2n) is 7.84. The Morgan fingerprint density at radius 3 is 2.79 bits per heavy atom. The van der Waals surface area contributed by atoms with Crippen molar-refractivity contribution in [1.82, 2.24) is 15.4 Å². The number of thiophene rings is 1. The summed E-state index contributed by atoms with van der Waals surface area (Å²) in [7, 11) is 0. The maximum absolute atomic E-state index is 12.7. The molecular formula is C22H25N3O3S. The Morgan fingerprint density at radius 2 is 1.93 bits per heavy atom. The number of rotatable bonds is 5. The molecule has 3 aromatic heterocycles. The van der Waals surface area contributed by atoms with Gasteiger partial charge in [-0.3, -0.25) is 9.69 Å². The first-order valence-corrected chi connectivity index (χ1v) is 11.3. The minimum Gasteiger partial charge on any atom is -0.463 e. The van der Waals surface area contributed by atoms with Gasteiger partial charge in [0.1, 0.15) is 11.5 Å². The van der Waals surface area contributed by atoms with Gasteiger partial charge in [-0.25, -0.2) is 0 Å². The number of hydrogen-bond acceptors (Lipinski definition) is 6. The monoisotopic (exact) mass is 411 g/mol. The summed E-state index contributed by atoms with van der Waals surface area (Å²) in [4.78, 5) is 16.4. The molecule has 0 atom stereocenters. The molecule has 0 radical (unpaired) electrons. The Labute approximate surface area is 173 Å². The lowest BCUT2D eigenvalue weighted by atomic mass is 9.95. The van der Waals surface area contributed by atoms with Crippen molar-refractivity contribution in [3.05, 3.63) is 51.2 Å². The fourth-order valence-electron chi connectivity index (χ4n) is 4.27. The molecule has 1 saturated heterocycles. The molecule has 1 amide bonds. The minimum atomic E-state index is -0.209. The molecule has 1 fully saturated rings. The van der Waals surface area contributed by atoms with Gasteiger partial charge in [-0.1, -0.05) is 18.0 Å². The van der Waals surface area contributed by atoms with Gasteiger partial charge in [-0.05, 0) is 62.4 Å². The van der Waals surface area contributed by atoms with Crippen LogP contribution in [0.25, 0.3) is 11.3 Å². The predicted octanol–water partition coefficient (Wildman–Crippen LogP) is 4.40. The molecule has 152 valence electrons. The Kier molecular flexibility index (Phi) is 5.24. The first kappa shape index (κ1) is 18.6. The van der Waals surface area contributed by atoms with Gasteiger partial charge in [-0.15, -0.1) is 11.3 Å². The molecule has 2 aliphatic rings. The highest BCUT2D eigenvalue weighted by Gasteiger charge is 2.28. The van der Waals surface area contributed by atoms with Crippen LogP contribution in [-0.2, 0) is 25.9 Å². The van der Waals surface area contributed by atoms with Crippen LogP contribution in [0.4, 0.5) is 0 Å². The predicted molar refractivity (Wildman–Crippen MR) is 111 cm³/mol. The van der Waals surface area contributed by atoms with Gasteiger partial charge in [0.25, 0.3) is 5.91 Å². The number of likely N-dealkylation sites (tertiary alicyclic amines) is 1. The zero-order valence-corrected chi connectivity index (χ0v) is 17.2. The van der Waals surface area contributed by atoms with Crippen LogP contribution in [0.1, 0.15) is 58.1 Å². The van der Waals surface area contributed by atoms with Crippen molar-refractivity contribution < 1.29 is 13.7 Å². The molecule has 29 heavy (non-hydrogen) atoms. The van der Waals surface area contributed by atoms with Crippen LogP contribution in [0, 0.1) is 0 Å². The lowest BCUT2D eigenvalue weighted by Gasteiger charge is -2.17. The molecule has 0 saturated carbocycles. The molecule has 6 nitrogen and oxygen atoms in total. The maximum atomic E-state index is 12.7. The number of hydrogen-bond donors (Lipinski definition) is 1. The quantitative estimate of drug-likeness (QED) is 0.674. The van der Waals surface area contributed by atoms with Crippen molar-refractivity contribution in [3.8, 4) is 11.3 Å². The van der Waals surface area contributed by atoms with Gasteiger partial charge < -0.3 is 14.3 Å². The Bertz CT molecular complexity index is 995. The van der Waals surface area contributed by atoms with E-state index in [1.807, 2.05) is 18.2 Å². The SMILES string of the molecule is O=C(NCc1ccc(CN2CCCCCC2)o1)c1noc2c1CCc1sccc1-2. The van der Waals surface area contributed by atoms with E-state index in [0.29, 0.717) is 12.2 Å². The molecule has 0 aromatic carbocycles. The van der Waals surface area contributed by atoms with Gasteiger partial charge in [0.15, 0.2) is 11.5 Å². The second-order valence-corrected chi connectivity index (χ2v) is 8.84. The Hall–Kier alpha value is -2.38. The number of nitrogens with zero attached hydrogens (tertiary/aromatic N) is 2. The number of aryl methyl sites for hydroxylation is 1. The Balaban J connectivity index is 1.21. The van der Waals surface area contributed by atoms with E-state index in [2.05, 4.69) is 20.8 Å². The molecule has 1 aliphatic carbocycles. The number of carbonyl (C=O) groups excluding carboxylic acids is 1. The van der Waals surface area contributed by atoms with E-state index in [1.54, 1.807) is 11.3 Å². The van der Waals surface area contributed by atoms with Crippen LogP contribution in [-0.4, -0.2) is 29.1 Å². The number of aromatic nitrogens is 1. The highest BCUT2D eigenvalue weighted by atomic mass is 32.1. The van der Waals surface area contributed by atoms with E-state index in [9.17, 15) is 4.79 Å². The molecule has 0 bridgehead atoms. The fourth-order valence-corrected chi connectivity index (χ4v) is 5.15. The van der Waals surface area contributed by atoms with Crippen molar-refractivity contribution in [1.29, 1.82) is 0 Å². The third kappa shape index (κ3) is 3.89. The van der Waals surface area contributed by atoms with Crippen LogP contribution in [0.3, 0.4) is 0 Å². The fraction of sp³-hybridized carbons (Fsp3) is 0.455. The summed E-state index contributed by atoms with van der Waals surface area (Å²) >= 11 is 1.73. The van der Waals surface area contributed by atoms with Gasteiger partial charge in [-0.2, -0.15) is 0 Å². The molecule has 0 unspecified atom stereocenters. The molecule has 1 N–H and O–H groups in total. The highest BCUT2D eigenvalue weighted by molar-refractivity contribution is 7.10. The van der Waals surface area contributed by atoms with Crippen LogP contribution in [0.5, 0.6) is 0 Å². The summed E-state index contributed by atoms with van der Waals surface area (Å²) in [6.07, 6.45) is 6.89. The summed E-state index contributed by atoms with van der Waals surface area (Å²) in [5, 5.41) is 9.05. The van der Waals surface area contributed by atoms with E-state index in [4.69, 9.17) is 8.94 Å². The van der Waals surface area contributed by atoms with Gasteiger partial charge in [0.05, 0.1) is 13.1 Å². The lowest BCUT2D eigenvalue weighted by Crippen LogP contribution is -2.24. The van der Waals surface area contributed by atoms with E-state index in [0.717, 1.165) is 60.9 Å². The standard InChI is InChI=1S/C22H25N3O3S/c26-22(20-18-7-8-19-17(9-12-29-19)21(18)28-24-20)23-13-15-5-6-16(27-15)14-25-10-3-1-2-4-11-25/h5-6,9,12H,1-4,7-8,10-11,13-14H2,(H,23,26). The molecule has 0 spiro atoms. The highest BCUT2D eigenvalue weighted by Crippen LogP contribution is 2.38. The number of fused-ring (bicyclic) bond motifs is 3. The lowest BCUT2D eigenvalue weighted by molar-refractivity contribution is 0.0937. The second kappa shape index (κ2) is 8.16. The van der Waals surface area contributed by atoms with Crippen LogP contribution in [0.2, 0.25) is 0 Å². The van der Waals surface area contributed by atoms with Crippen molar-refractivity contribution in [2.24, 2.45) is 0 Å². The summed E-state index contributed by atoms with van der Waals surface area (Å²) in [5.74, 6) is 2.26. The van der Waals surface area contributed by atoms with Crippen LogP contribution in [0.15, 0.2) is 32.5 Å². The average Bonchev–Trinajstić information content (AvgIpc) is 3.43. The smallest absolute Gasteiger partial charge is 0.274 e. The van der Waals surface area contributed by atoms with Crippen molar-refractivity contribution in [2.45, 2.75) is 51.6 Å². The number of furan rings is 1.